The topological polar surface area (TPSA) is 68.1 Å². The van der Waals surface area contributed by atoms with Gasteiger partial charge in [-0.25, -0.2) is 18.7 Å². The number of halogens is 5. The Morgan fingerprint density at radius 2 is 1.62 bits per heavy atom. The van der Waals surface area contributed by atoms with E-state index in [0.717, 1.165) is 48.7 Å². The maximum atomic E-state index is 15.8. The summed E-state index contributed by atoms with van der Waals surface area (Å²) >= 11 is 5.84. The van der Waals surface area contributed by atoms with E-state index >= 15 is 8.78 Å². The van der Waals surface area contributed by atoms with Gasteiger partial charge in [-0.3, -0.25) is 4.98 Å². The molecule has 34 heavy (non-hydrogen) atoms. The summed E-state index contributed by atoms with van der Waals surface area (Å²) in [6.45, 7) is 0.140. The van der Waals surface area contributed by atoms with Crippen LogP contribution in [0.1, 0.15) is 22.4 Å². The molecule has 1 N–H and O–H groups in total. The van der Waals surface area contributed by atoms with E-state index in [1.807, 2.05) is 0 Å². The van der Waals surface area contributed by atoms with Crippen LogP contribution in [0.4, 0.5) is 17.6 Å². The van der Waals surface area contributed by atoms with Crippen LogP contribution in [0.3, 0.4) is 0 Å². The van der Waals surface area contributed by atoms with E-state index in [4.69, 9.17) is 16.3 Å². The van der Waals surface area contributed by atoms with Crippen LogP contribution in [0.5, 0.6) is 5.75 Å². The van der Waals surface area contributed by atoms with Gasteiger partial charge < -0.3 is 9.84 Å². The summed E-state index contributed by atoms with van der Waals surface area (Å²) in [5, 5.41) is 11.8. The first-order chi connectivity index (χ1) is 16.2. The van der Waals surface area contributed by atoms with Crippen molar-refractivity contribution >= 4 is 11.6 Å². The fraction of sp³-hybridized carbons (Fsp3) is 0.125. The van der Waals surface area contributed by atoms with E-state index in [9.17, 15) is 13.9 Å². The van der Waals surface area contributed by atoms with Gasteiger partial charge in [0.15, 0.2) is 5.60 Å². The molecule has 2 aromatic carbocycles. The maximum absolute atomic E-state index is 15.8. The summed E-state index contributed by atoms with van der Waals surface area (Å²) in [6.07, 6.45) is 3.97. The Morgan fingerprint density at radius 1 is 0.912 bits per heavy atom. The van der Waals surface area contributed by atoms with Crippen molar-refractivity contribution < 1.29 is 27.4 Å². The molecule has 0 amide bonds. The molecule has 4 rings (SSSR count). The molecule has 0 radical (unpaired) electrons. The van der Waals surface area contributed by atoms with E-state index in [1.165, 1.54) is 6.07 Å². The summed E-state index contributed by atoms with van der Waals surface area (Å²) < 4.78 is 65.2. The molecule has 0 fully saturated rings. The third-order valence-corrected chi connectivity index (χ3v) is 5.38. The molecule has 1 unspecified atom stereocenters. The summed E-state index contributed by atoms with van der Waals surface area (Å²) in [4.78, 5) is 11.1. The number of aromatic nitrogens is 3. The van der Waals surface area contributed by atoms with Crippen molar-refractivity contribution in [2.45, 2.75) is 18.1 Å². The molecule has 10 heteroatoms. The first-order valence-electron chi connectivity index (χ1n) is 9.87. The number of hydrogen-bond acceptors (Lipinski definition) is 5. The minimum Gasteiger partial charge on any atom is -0.487 e. The normalized spacial score (nSPS) is 13.4. The number of pyridine rings is 1. The van der Waals surface area contributed by atoms with E-state index in [-0.39, 0.29) is 12.4 Å². The molecule has 5 nitrogen and oxygen atoms in total. The highest BCUT2D eigenvalue weighted by molar-refractivity contribution is 6.30. The fourth-order valence-corrected chi connectivity index (χ4v) is 3.48. The van der Waals surface area contributed by atoms with E-state index in [0.29, 0.717) is 11.1 Å². The van der Waals surface area contributed by atoms with Crippen LogP contribution in [-0.4, -0.2) is 20.1 Å². The van der Waals surface area contributed by atoms with Crippen molar-refractivity contribution in [3.8, 4) is 5.75 Å². The lowest BCUT2D eigenvalue weighted by Gasteiger charge is -2.36. The summed E-state index contributed by atoms with van der Waals surface area (Å²) in [7, 11) is 0. The number of rotatable bonds is 7. The molecule has 0 saturated heterocycles. The third-order valence-electron chi connectivity index (χ3n) is 5.13. The Bertz CT molecular complexity index is 1280. The Kier molecular flexibility index (Phi) is 6.49. The van der Waals surface area contributed by atoms with E-state index in [2.05, 4.69) is 15.0 Å². The lowest BCUT2D eigenvalue weighted by molar-refractivity contribution is -0.175. The maximum Gasteiger partial charge on any atom is 0.326 e. The molecule has 0 spiro atoms. The number of nitrogens with zero attached hydrogens (tertiary/aromatic N) is 3. The van der Waals surface area contributed by atoms with Gasteiger partial charge in [-0.2, -0.15) is 8.78 Å². The predicted molar refractivity (Wildman–Crippen MR) is 115 cm³/mol. The van der Waals surface area contributed by atoms with Crippen molar-refractivity contribution in [3.63, 3.8) is 0 Å². The molecule has 174 valence electrons. The molecule has 0 bridgehead atoms. The highest BCUT2D eigenvalue weighted by Crippen LogP contribution is 2.49. The molecule has 2 heterocycles. The van der Waals surface area contributed by atoms with E-state index < -0.39 is 40.0 Å². The largest absolute Gasteiger partial charge is 0.487 e. The lowest BCUT2D eigenvalue weighted by atomic mass is 9.80. The fourth-order valence-electron chi connectivity index (χ4n) is 3.36. The van der Waals surface area contributed by atoms with Gasteiger partial charge in [0.05, 0.1) is 6.20 Å². The molecule has 4 aromatic rings. The third kappa shape index (κ3) is 4.44. The second-order valence-electron chi connectivity index (χ2n) is 7.33. The monoisotopic (exact) mass is 489 g/mol. The summed E-state index contributed by atoms with van der Waals surface area (Å²) in [5.74, 6) is -6.34. The molecule has 0 aliphatic heterocycles. The number of benzene rings is 2. The minimum absolute atomic E-state index is 0.140. The van der Waals surface area contributed by atoms with Crippen molar-refractivity contribution in [2.24, 2.45) is 0 Å². The van der Waals surface area contributed by atoms with Crippen LogP contribution in [0.25, 0.3) is 0 Å². The van der Waals surface area contributed by atoms with Gasteiger partial charge >= 0.3 is 5.92 Å². The molecule has 0 aliphatic carbocycles. The van der Waals surface area contributed by atoms with Crippen LogP contribution < -0.4 is 4.74 Å². The van der Waals surface area contributed by atoms with Crippen LogP contribution in [-0.2, 0) is 18.1 Å². The molecular formula is C24H16ClF4N3O2. The van der Waals surface area contributed by atoms with Crippen molar-refractivity contribution in [3.05, 3.63) is 119 Å². The minimum atomic E-state index is -4.18. The van der Waals surface area contributed by atoms with Crippen LogP contribution in [0, 0.1) is 11.6 Å². The molecule has 2 aromatic heterocycles. The zero-order chi connectivity index (χ0) is 24.3. The predicted octanol–water partition coefficient (Wildman–Crippen LogP) is 5.41. The van der Waals surface area contributed by atoms with Gasteiger partial charge in [-0.15, -0.1) is 0 Å². The number of aliphatic hydroxyl groups is 1. The Balaban J connectivity index is 1.68. The molecule has 0 aliphatic rings. The van der Waals surface area contributed by atoms with Gasteiger partial charge in [0, 0.05) is 34.6 Å². The van der Waals surface area contributed by atoms with Crippen LogP contribution in [0.2, 0.25) is 5.02 Å². The number of hydrogen-bond donors (Lipinski definition) is 1. The molecule has 0 saturated carbocycles. The highest BCUT2D eigenvalue weighted by Gasteiger charge is 2.58. The SMILES string of the molecule is OC(c1cncnc1)(c1ccc(F)cc1F)C(F)(F)c1ccc(OCc2ccc(Cl)cc2)cn1. The standard InChI is InChI=1S/C24H16ClF4N3O2/c25-17-3-1-15(2-4-17)13-34-19-6-8-22(32-12-19)24(28,29)23(33,16-10-30-14-31-11-16)20-7-5-18(26)9-21(20)27/h1-12,14,33H,13H2. The molecular weight excluding hydrogens is 474 g/mol. The summed E-state index contributed by atoms with van der Waals surface area (Å²) in [6, 6.07) is 11.0. The highest BCUT2D eigenvalue weighted by atomic mass is 35.5. The van der Waals surface area contributed by atoms with Crippen molar-refractivity contribution in [2.75, 3.05) is 0 Å². The van der Waals surface area contributed by atoms with Crippen LogP contribution in [0.15, 0.2) is 79.5 Å². The number of alkyl halides is 2. The van der Waals surface area contributed by atoms with Gasteiger partial charge in [-0.05, 0) is 42.0 Å². The van der Waals surface area contributed by atoms with Crippen molar-refractivity contribution in [1.29, 1.82) is 0 Å². The van der Waals surface area contributed by atoms with Gasteiger partial charge in [-0.1, -0.05) is 23.7 Å². The quantitative estimate of drug-likeness (QED) is 0.352. The first-order valence-corrected chi connectivity index (χ1v) is 10.2. The Morgan fingerprint density at radius 3 is 2.24 bits per heavy atom. The second kappa shape index (κ2) is 9.36. The lowest BCUT2D eigenvalue weighted by Crippen LogP contribution is -2.45. The van der Waals surface area contributed by atoms with Gasteiger partial charge in [0.1, 0.15) is 36.0 Å². The number of ether oxygens (including phenoxy) is 1. The Labute approximate surface area is 196 Å². The molecule has 1 atom stereocenters. The average Bonchev–Trinajstić information content (AvgIpc) is 2.84. The second-order valence-corrected chi connectivity index (χ2v) is 7.77. The zero-order valence-electron chi connectivity index (χ0n) is 17.3. The zero-order valence-corrected chi connectivity index (χ0v) is 18.1. The van der Waals surface area contributed by atoms with E-state index in [1.54, 1.807) is 24.3 Å². The van der Waals surface area contributed by atoms with Gasteiger partial charge in [0.2, 0.25) is 0 Å². The Hall–Kier alpha value is -3.56. The van der Waals surface area contributed by atoms with Crippen LogP contribution >= 0.6 is 11.6 Å². The van der Waals surface area contributed by atoms with Crippen molar-refractivity contribution in [1.82, 2.24) is 15.0 Å². The first kappa shape index (κ1) is 23.6. The summed E-state index contributed by atoms with van der Waals surface area (Å²) in [5.41, 5.74) is -4.73. The average molecular weight is 490 g/mol. The van der Waals surface area contributed by atoms with Gasteiger partial charge in [0.25, 0.3) is 0 Å². The smallest absolute Gasteiger partial charge is 0.326 e.